The highest BCUT2D eigenvalue weighted by molar-refractivity contribution is 7.21. The number of thiophene rings is 1. The largest absolute Gasteiger partial charge is 0.462 e. The quantitative estimate of drug-likeness (QED) is 0.165. The zero-order valence-electron chi connectivity index (χ0n) is 19.4. The lowest BCUT2D eigenvalue weighted by Crippen LogP contribution is -2.34. The SMILES string of the molecule is CCCCOC(=O)c1ccc(NC(=O)c2sc3nc(N)c(C#N)c(-c4c(=O)o[nH][n+]4C)c3c2N)cc1. The molecule has 0 unspecified atom stereocenters. The Hall–Kier alpha value is -4.70. The van der Waals surface area contributed by atoms with Crippen LogP contribution in [0.2, 0.25) is 0 Å². The number of benzene rings is 1. The molecule has 36 heavy (non-hydrogen) atoms. The number of hydrogen-bond acceptors (Lipinski definition) is 10. The van der Waals surface area contributed by atoms with Crippen LogP contribution in [0.1, 0.15) is 45.4 Å². The zero-order valence-corrected chi connectivity index (χ0v) is 20.2. The number of nitrogens with zero attached hydrogens (tertiary/aromatic N) is 3. The molecule has 184 valence electrons. The first kappa shape index (κ1) is 24.4. The number of aryl methyl sites for hydroxylation is 1. The molecule has 0 saturated carbocycles. The Bertz CT molecular complexity index is 1580. The second kappa shape index (κ2) is 9.88. The van der Waals surface area contributed by atoms with Gasteiger partial charge in [0.15, 0.2) is 7.05 Å². The second-order valence-electron chi connectivity index (χ2n) is 7.79. The molecular weight excluding hydrogens is 486 g/mol. The maximum absolute atomic E-state index is 13.1. The van der Waals surface area contributed by atoms with Crippen molar-refractivity contribution in [3.63, 3.8) is 0 Å². The molecule has 1 aromatic carbocycles. The van der Waals surface area contributed by atoms with Gasteiger partial charge in [-0.1, -0.05) is 18.0 Å². The fourth-order valence-corrected chi connectivity index (χ4v) is 4.58. The van der Waals surface area contributed by atoms with Gasteiger partial charge in [0.05, 0.1) is 28.8 Å². The molecule has 3 aromatic heterocycles. The average Bonchev–Trinajstić information content (AvgIpc) is 3.36. The van der Waals surface area contributed by atoms with Crippen LogP contribution in [0.25, 0.3) is 21.5 Å². The number of H-pyrrole nitrogens is 1. The molecule has 1 amide bonds. The van der Waals surface area contributed by atoms with Crippen molar-refractivity contribution >= 4 is 50.6 Å². The lowest BCUT2D eigenvalue weighted by Gasteiger charge is -2.07. The average molecular weight is 509 g/mol. The fraction of sp³-hybridized carbons (Fsp3) is 0.217. The van der Waals surface area contributed by atoms with Gasteiger partial charge in [0, 0.05) is 5.69 Å². The smallest absolute Gasteiger partial charge is 0.435 e. The monoisotopic (exact) mass is 508 g/mol. The number of unbranched alkanes of at least 4 members (excludes halogenated alkanes) is 1. The maximum Gasteiger partial charge on any atom is 0.435 e. The Labute approximate surface area is 208 Å². The molecule has 0 radical (unpaired) electrons. The number of amides is 1. The van der Waals surface area contributed by atoms with E-state index >= 15 is 0 Å². The summed E-state index contributed by atoms with van der Waals surface area (Å²) in [7, 11) is 1.52. The van der Waals surface area contributed by atoms with E-state index < -0.39 is 17.5 Å². The molecule has 4 aromatic rings. The van der Waals surface area contributed by atoms with E-state index in [2.05, 4.69) is 15.6 Å². The first-order valence-corrected chi connectivity index (χ1v) is 11.7. The van der Waals surface area contributed by atoms with Crippen LogP contribution in [0.15, 0.2) is 33.6 Å². The second-order valence-corrected chi connectivity index (χ2v) is 8.79. The molecule has 0 fully saturated rings. The Morgan fingerprint density at radius 3 is 2.64 bits per heavy atom. The minimum Gasteiger partial charge on any atom is -0.462 e. The van der Waals surface area contributed by atoms with Gasteiger partial charge < -0.3 is 21.5 Å². The molecule has 6 N–H and O–H groups in total. The van der Waals surface area contributed by atoms with Crippen LogP contribution in [-0.2, 0) is 11.8 Å². The normalized spacial score (nSPS) is 10.8. The number of ether oxygens (including phenoxy) is 1. The number of esters is 1. The lowest BCUT2D eigenvalue weighted by atomic mass is 10.0. The van der Waals surface area contributed by atoms with E-state index in [9.17, 15) is 19.6 Å². The van der Waals surface area contributed by atoms with Crippen LogP contribution in [0.3, 0.4) is 0 Å². The molecule has 0 aliphatic rings. The van der Waals surface area contributed by atoms with Crippen molar-refractivity contribution < 1.29 is 23.5 Å². The van der Waals surface area contributed by atoms with Crippen LogP contribution in [0, 0.1) is 11.3 Å². The van der Waals surface area contributed by atoms with E-state index in [1.54, 1.807) is 24.3 Å². The molecule has 0 aliphatic heterocycles. The van der Waals surface area contributed by atoms with Gasteiger partial charge in [-0.15, -0.1) is 11.3 Å². The van der Waals surface area contributed by atoms with Crippen molar-refractivity contribution in [3.8, 4) is 17.3 Å². The van der Waals surface area contributed by atoms with Gasteiger partial charge >= 0.3 is 17.3 Å². The number of nitrogens with two attached hydrogens (primary N) is 2. The summed E-state index contributed by atoms with van der Waals surface area (Å²) >= 11 is 0.963. The van der Waals surface area contributed by atoms with E-state index in [0.29, 0.717) is 17.9 Å². The Morgan fingerprint density at radius 2 is 2.03 bits per heavy atom. The Morgan fingerprint density at radius 1 is 1.31 bits per heavy atom. The zero-order chi connectivity index (χ0) is 26.0. The standard InChI is InChI=1S/C23H21N7O5S/c1-3-4-9-34-22(32)11-5-7-12(8-6-11)27-20(31)18-16(25)15-14(17-23(33)35-29-30(17)2)13(10-24)19(26)28-21(15)36-18/h5-8H,3-4,9H2,1-2H3,(H5-,25,26,27,28,29,31,32,33)/p+1. The molecule has 0 aliphatic carbocycles. The number of nitriles is 1. The highest BCUT2D eigenvalue weighted by Gasteiger charge is 2.32. The predicted octanol–water partition coefficient (Wildman–Crippen LogP) is 2.31. The van der Waals surface area contributed by atoms with Gasteiger partial charge in [0.2, 0.25) is 0 Å². The van der Waals surface area contributed by atoms with E-state index in [1.165, 1.54) is 11.7 Å². The summed E-state index contributed by atoms with van der Waals surface area (Å²) in [6.07, 6.45) is 1.69. The molecule has 3 heterocycles. The van der Waals surface area contributed by atoms with Gasteiger partial charge in [0.25, 0.3) is 5.91 Å². The number of carbonyl (C=O) groups excluding carboxylic acids is 2. The lowest BCUT2D eigenvalue weighted by molar-refractivity contribution is -0.730. The van der Waals surface area contributed by atoms with Crippen molar-refractivity contribution in [1.29, 1.82) is 5.26 Å². The number of aromatic amines is 1. The molecule has 4 rings (SSSR count). The molecule has 12 nitrogen and oxygen atoms in total. The van der Waals surface area contributed by atoms with Crippen molar-refractivity contribution in [1.82, 2.24) is 10.3 Å². The predicted molar refractivity (Wildman–Crippen MR) is 132 cm³/mol. The molecular formula is C23H22N7O5S+. The van der Waals surface area contributed by atoms with Crippen LogP contribution in [0.5, 0.6) is 0 Å². The number of aromatic nitrogens is 3. The number of rotatable bonds is 7. The minimum absolute atomic E-state index is 0.00326. The maximum atomic E-state index is 13.1. The van der Waals surface area contributed by atoms with Crippen LogP contribution in [-0.4, -0.2) is 28.7 Å². The van der Waals surface area contributed by atoms with Gasteiger partial charge in [-0.25, -0.2) is 14.6 Å². The Kier molecular flexibility index (Phi) is 6.71. The van der Waals surface area contributed by atoms with Crippen molar-refractivity contribution in [2.75, 3.05) is 23.4 Å². The van der Waals surface area contributed by atoms with E-state index in [-0.39, 0.29) is 43.4 Å². The highest BCUT2D eigenvalue weighted by atomic mass is 32.1. The molecule has 0 bridgehead atoms. The number of nitrogens with one attached hydrogen (secondary N) is 2. The van der Waals surface area contributed by atoms with Crippen LogP contribution in [0.4, 0.5) is 17.2 Å². The van der Waals surface area contributed by atoms with Crippen molar-refractivity contribution in [3.05, 3.63) is 50.7 Å². The van der Waals surface area contributed by atoms with Gasteiger partial charge in [-0.2, -0.15) is 5.26 Å². The van der Waals surface area contributed by atoms with E-state index in [4.69, 9.17) is 20.7 Å². The van der Waals surface area contributed by atoms with Crippen LogP contribution >= 0.6 is 11.3 Å². The third-order valence-electron chi connectivity index (χ3n) is 5.37. The molecule has 0 saturated heterocycles. The summed E-state index contributed by atoms with van der Waals surface area (Å²) in [5.41, 5.74) is 12.4. The number of fused-ring (bicyclic) bond motifs is 1. The first-order chi connectivity index (χ1) is 17.3. The van der Waals surface area contributed by atoms with E-state index in [0.717, 1.165) is 24.2 Å². The summed E-state index contributed by atoms with van der Waals surface area (Å²) in [5, 5.41) is 15.0. The van der Waals surface area contributed by atoms with Crippen molar-refractivity contribution in [2.24, 2.45) is 7.05 Å². The number of carbonyl (C=O) groups is 2. The minimum atomic E-state index is -0.745. The highest BCUT2D eigenvalue weighted by Crippen LogP contribution is 2.41. The number of pyridine rings is 1. The summed E-state index contributed by atoms with van der Waals surface area (Å²) in [6.45, 7) is 2.34. The van der Waals surface area contributed by atoms with Gasteiger partial charge in [-0.05, 0) is 36.0 Å². The topological polar surface area (TPSA) is 194 Å². The van der Waals surface area contributed by atoms with Gasteiger partial charge in [0.1, 0.15) is 27.2 Å². The summed E-state index contributed by atoms with van der Waals surface area (Å²) in [6, 6.07) is 8.17. The molecule has 0 spiro atoms. The third kappa shape index (κ3) is 4.37. The number of hydrogen-bond donors (Lipinski definition) is 4. The fourth-order valence-electron chi connectivity index (χ4n) is 3.57. The third-order valence-corrected chi connectivity index (χ3v) is 6.47. The number of nitrogen functional groups attached to an aromatic ring is 2. The van der Waals surface area contributed by atoms with E-state index in [1.807, 2.05) is 13.0 Å². The molecule has 13 heteroatoms. The molecule has 0 atom stereocenters. The van der Waals surface area contributed by atoms with Gasteiger partial charge in [-0.3, -0.25) is 9.32 Å². The summed E-state index contributed by atoms with van der Waals surface area (Å²) < 4.78 is 11.3. The van der Waals surface area contributed by atoms with Crippen molar-refractivity contribution in [2.45, 2.75) is 19.8 Å². The number of anilines is 3. The first-order valence-electron chi connectivity index (χ1n) is 10.8. The van der Waals surface area contributed by atoms with Crippen LogP contribution < -0.4 is 27.1 Å². The summed E-state index contributed by atoms with van der Waals surface area (Å²) in [4.78, 5) is 42.1. The summed E-state index contributed by atoms with van der Waals surface area (Å²) in [5.74, 6) is -1.10. The Balaban J connectivity index is 1.69.